The molecule has 1 aromatic heterocycles. The van der Waals surface area contributed by atoms with E-state index in [0.717, 1.165) is 6.39 Å². The molecular weight excluding hydrogens is 172 g/mol. The van der Waals surface area contributed by atoms with E-state index < -0.39 is 0 Å². The predicted octanol–water partition coefficient (Wildman–Crippen LogP) is 0.336. The Hall–Kier alpha value is -1.65. The lowest BCUT2D eigenvalue weighted by Crippen LogP contribution is -2.24. The molecule has 0 unspecified atom stereocenters. The molecule has 0 N–H and O–H groups in total. The Morgan fingerprint density at radius 3 is 2.69 bits per heavy atom. The number of Topliss-reactive ketones (excluding diaryl/α,β-unsaturated/α-hetero) is 1. The molecule has 5 heteroatoms. The van der Waals surface area contributed by atoms with Gasteiger partial charge in [-0.15, -0.1) is 0 Å². The van der Waals surface area contributed by atoms with Crippen LogP contribution in [0.1, 0.15) is 16.9 Å². The Kier molecular flexibility index (Phi) is 2.79. The molecule has 0 aliphatic heterocycles. The Morgan fingerprint density at radius 1 is 1.54 bits per heavy atom. The van der Waals surface area contributed by atoms with Gasteiger partial charge in [0.05, 0.1) is 6.42 Å². The van der Waals surface area contributed by atoms with Crippen LogP contribution in [-0.2, 0) is 4.79 Å². The quantitative estimate of drug-likeness (QED) is 0.499. The lowest BCUT2D eigenvalue weighted by Gasteiger charge is -2.07. The van der Waals surface area contributed by atoms with E-state index >= 15 is 0 Å². The van der Waals surface area contributed by atoms with Crippen molar-refractivity contribution in [3.05, 3.63) is 18.4 Å². The first kappa shape index (κ1) is 9.44. The van der Waals surface area contributed by atoms with Crippen LogP contribution in [0.15, 0.2) is 17.1 Å². The van der Waals surface area contributed by atoms with Gasteiger partial charge in [-0.05, 0) is 0 Å². The SMILES string of the molecule is CN(C)C(=O)CC(=O)c1cocn1. The highest BCUT2D eigenvalue weighted by Gasteiger charge is 2.14. The van der Waals surface area contributed by atoms with Gasteiger partial charge in [0.1, 0.15) is 12.0 Å². The van der Waals surface area contributed by atoms with E-state index in [9.17, 15) is 9.59 Å². The van der Waals surface area contributed by atoms with Gasteiger partial charge in [-0.1, -0.05) is 0 Å². The summed E-state index contributed by atoms with van der Waals surface area (Å²) in [5.41, 5.74) is 0.190. The van der Waals surface area contributed by atoms with E-state index in [2.05, 4.69) is 9.40 Å². The van der Waals surface area contributed by atoms with Crippen molar-refractivity contribution in [2.45, 2.75) is 6.42 Å². The normalized spacial score (nSPS) is 9.69. The van der Waals surface area contributed by atoms with Crippen LogP contribution < -0.4 is 0 Å². The minimum atomic E-state index is -0.326. The molecule has 70 valence electrons. The molecule has 0 saturated heterocycles. The summed E-state index contributed by atoms with van der Waals surface area (Å²) in [5.74, 6) is -0.569. The third-order valence-corrected chi connectivity index (χ3v) is 1.53. The summed E-state index contributed by atoms with van der Waals surface area (Å²) in [4.78, 5) is 27.3. The lowest BCUT2D eigenvalue weighted by atomic mass is 10.2. The first-order valence-corrected chi connectivity index (χ1v) is 3.73. The van der Waals surface area contributed by atoms with Gasteiger partial charge >= 0.3 is 0 Å². The van der Waals surface area contributed by atoms with Crippen LogP contribution in [0, 0.1) is 0 Å². The van der Waals surface area contributed by atoms with Crippen LogP contribution in [-0.4, -0.2) is 35.7 Å². The molecule has 1 heterocycles. The fourth-order valence-electron chi connectivity index (χ4n) is 0.736. The standard InChI is InChI=1S/C8H10N2O3/c1-10(2)8(12)3-7(11)6-4-13-5-9-6/h4-5H,3H2,1-2H3. The van der Waals surface area contributed by atoms with E-state index in [1.807, 2.05) is 0 Å². The molecule has 0 fully saturated rings. The summed E-state index contributed by atoms with van der Waals surface area (Å²) in [5, 5.41) is 0. The third kappa shape index (κ3) is 2.40. The van der Waals surface area contributed by atoms with Crippen LogP contribution >= 0.6 is 0 Å². The van der Waals surface area contributed by atoms with Crippen molar-refractivity contribution in [3.8, 4) is 0 Å². The van der Waals surface area contributed by atoms with E-state index in [1.165, 1.54) is 11.2 Å². The number of carbonyl (C=O) groups excluding carboxylic acids is 2. The second-order valence-corrected chi connectivity index (χ2v) is 2.76. The van der Waals surface area contributed by atoms with Gasteiger partial charge in [0.2, 0.25) is 5.91 Å². The Morgan fingerprint density at radius 2 is 2.23 bits per heavy atom. The first-order valence-electron chi connectivity index (χ1n) is 3.73. The van der Waals surface area contributed by atoms with Crippen LogP contribution in [0.5, 0.6) is 0 Å². The fraction of sp³-hybridized carbons (Fsp3) is 0.375. The number of hydrogen-bond donors (Lipinski definition) is 0. The summed E-state index contributed by atoms with van der Waals surface area (Å²) >= 11 is 0. The molecule has 13 heavy (non-hydrogen) atoms. The molecule has 0 saturated carbocycles. The maximum Gasteiger partial charge on any atom is 0.229 e. The molecule has 0 spiro atoms. The number of aromatic nitrogens is 1. The van der Waals surface area contributed by atoms with Gasteiger partial charge in [0.15, 0.2) is 12.2 Å². The maximum atomic E-state index is 11.3. The summed E-state index contributed by atoms with van der Waals surface area (Å²) in [6.45, 7) is 0. The average molecular weight is 182 g/mol. The van der Waals surface area contributed by atoms with E-state index in [-0.39, 0.29) is 23.8 Å². The largest absolute Gasteiger partial charge is 0.451 e. The highest BCUT2D eigenvalue weighted by Crippen LogP contribution is 2.00. The van der Waals surface area contributed by atoms with E-state index in [1.54, 1.807) is 14.1 Å². The van der Waals surface area contributed by atoms with Gasteiger partial charge in [0.25, 0.3) is 0 Å². The monoisotopic (exact) mass is 182 g/mol. The number of nitrogens with zero attached hydrogens (tertiary/aromatic N) is 2. The topological polar surface area (TPSA) is 63.4 Å². The summed E-state index contributed by atoms with van der Waals surface area (Å²) < 4.78 is 4.62. The maximum absolute atomic E-state index is 11.3. The molecule has 5 nitrogen and oxygen atoms in total. The molecule has 0 atom stereocenters. The smallest absolute Gasteiger partial charge is 0.229 e. The Balaban J connectivity index is 2.57. The Bertz CT molecular complexity index is 303. The average Bonchev–Trinajstić information content (AvgIpc) is 2.55. The minimum Gasteiger partial charge on any atom is -0.451 e. The van der Waals surface area contributed by atoms with Gasteiger partial charge in [-0.2, -0.15) is 0 Å². The zero-order valence-corrected chi connectivity index (χ0v) is 7.48. The number of hydrogen-bond acceptors (Lipinski definition) is 4. The number of rotatable bonds is 3. The molecule has 0 radical (unpaired) electrons. The molecule has 1 rings (SSSR count). The van der Waals surface area contributed by atoms with Crippen LogP contribution in [0.2, 0.25) is 0 Å². The summed E-state index contributed by atoms with van der Waals surface area (Å²) in [7, 11) is 3.19. The predicted molar refractivity (Wildman–Crippen MR) is 44.1 cm³/mol. The first-order chi connectivity index (χ1) is 6.11. The van der Waals surface area contributed by atoms with Gasteiger partial charge in [-0.3, -0.25) is 9.59 Å². The summed E-state index contributed by atoms with van der Waals surface area (Å²) in [6, 6.07) is 0. The fourth-order valence-corrected chi connectivity index (χ4v) is 0.736. The number of carbonyl (C=O) groups is 2. The molecule has 1 aromatic rings. The zero-order chi connectivity index (χ0) is 9.84. The van der Waals surface area contributed by atoms with Crippen LogP contribution in [0.25, 0.3) is 0 Å². The van der Waals surface area contributed by atoms with Crippen molar-refractivity contribution in [3.63, 3.8) is 0 Å². The Labute approximate surface area is 75.4 Å². The van der Waals surface area contributed by atoms with Gasteiger partial charge in [0, 0.05) is 14.1 Å². The third-order valence-electron chi connectivity index (χ3n) is 1.53. The molecular formula is C8H10N2O3. The molecule has 0 aliphatic rings. The van der Waals surface area contributed by atoms with Crippen molar-refractivity contribution in [1.82, 2.24) is 9.88 Å². The highest BCUT2D eigenvalue weighted by atomic mass is 16.3. The second-order valence-electron chi connectivity index (χ2n) is 2.76. The zero-order valence-electron chi connectivity index (χ0n) is 7.48. The van der Waals surface area contributed by atoms with Crippen molar-refractivity contribution < 1.29 is 14.0 Å². The highest BCUT2D eigenvalue weighted by molar-refractivity contribution is 6.05. The van der Waals surface area contributed by atoms with Crippen LogP contribution in [0.3, 0.4) is 0 Å². The van der Waals surface area contributed by atoms with Crippen LogP contribution in [0.4, 0.5) is 0 Å². The summed E-state index contributed by atoms with van der Waals surface area (Å²) in [6.07, 6.45) is 2.22. The van der Waals surface area contributed by atoms with E-state index in [4.69, 9.17) is 0 Å². The molecule has 0 aliphatic carbocycles. The van der Waals surface area contributed by atoms with Crippen molar-refractivity contribution in [2.24, 2.45) is 0 Å². The molecule has 1 amide bonds. The van der Waals surface area contributed by atoms with Crippen molar-refractivity contribution >= 4 is 11.7 Å². The molecule has 0 aromatic carbocycles. The van der Waals surface area contributed by atoms with Gasteiger partial charge in [-0.25, -0.2) is 4.98 Å². The number of amides is 1. The number of oxazole rings is 1. The molecule has 0 bridgehead atoms. The second kappa shape index (κ2) is 3.84. The van der Waals surface area contributed by atoms with E-state index in [0.29, 0.717) is 0 Å². The number of ketones is 1. The van der Waals surface area contributed by atoms with Crippen molar-refractivity contribution in [2.75, 3.05) is 14.1 Å². The van der Waals surface area contributed by atoms with Crippen molar-refractivity contribution in [1.29, 1.82) is 0 Å². The van der Waals surface area contributed by atoms with Gasteiger partial charge < -0.3 is 9.32 Å². The minimum absolute atomic E-state index is 0.167. The lowest BCUT2D eigenvalue weighted by molar-refractivity contribution is -0.127.